The normalized spacial score (nSPS) is 14.5. The quantitative estimate of drug-likeness (QED) is 0.509. The Labute approximate surface area is 211 Å². The van der Waals surface area contributed by atoms with Gasteiger partial charge in [0.05, 0.1) is 28.8 Å². The molecule has 2 aromatic heterocycles. The first-order chi connectivity index (χ1) is 17.2. The molecule has 11 heteroatoms. The van der Waals surface area contributed by atoms with Gasteiger partial charge >= 0.3 is 0 Å². The van der Waals surface area contributed by atoms with E-state index in [0.717, 1.165) is 16.9 Å². The average molecular weight is 508 g/mol. The number of nitrogens with one attached hydrogen (secondary N) is 1. The number of benzene rings is 1. The molecule has 0 saturated carbocycles. The molecular formula is C25H29N7O3S. The number of nitriles is 1. The van der Waals surface area contributed by atoms with Gasteiger partial charge in [0, 0.05) is 38.4 Å². The molecule has 1 aliphatic heterocycles. The number of ether oxygens (including phenoxy) is 1. The topological polar surface area (TPSA) is 124 Å². The fourth-order valence-electron chi connectivity index (χ4n) is 3.99. The molecule has 0 amide bonds. The third-order valence-electron chi connectivity index (χ3n) is 5.95. The van der Waals surface area contributed by atoms with Crippen LogP contribution in [0.5, 0.6) is 11.6 Å². The molecule has 1 N–H and O–H groups in total. The first-order valence-corrected chi connectivity index (χ1v) is 13.2. The Hall–Kier alpha value is -3.75. The van der Waals surface area contributed by atoms with Gasteiger partial charge in [-0.25, -0.2) is 18.4 Å². The van der Waals surface area contributed by atoms with Crippen molar-refractivity contribution < 1.29 is 13.2 Å². The van der Waals surface area contributed by atoms with E-state index in [9.17, 15) is 8.42 Å². The van der Waals surface area contributed by atoms with E-state index in [-0.39, 0.29) is 0 Å². The van der Waals surface area contributed by atoms with Crippen molar-refractivity contribution in [2.45, 2.75) is 32.9 Å². The number of anilines is 3. The van der Waals surface area contributed by atoms with Crippen molar-refractivity contribution in [3.05, 3.63) is 59.4 Å². The minimum absolute atomic E-state index is 0.360. The summed E-state index contributed by atoms with van der Waals surface area (Å²) in [4.78, 5) is 15.3. The third-order valence-corrected chi connectivity index (χ3v) is 8.22. The summed E-state index contributed by atoms with van der Waals surface area (Å²) < 4.78 is 32.3. The highest BCUT2D eigenvalue weighted by molar-refractivity contribution is 7.89. The van der Waals surface area contributed by atoms with Gasteiger partial charge in [-0.3, -0.25) is 0 Å². The molecule has 3 heterocycles. The number of aryl methyl sites for hydroxylation is 2. The molecule has 4 rings (SSSR count). The lowest BCUT2D eigenvalue weighted by Gasteiger charge is -2.35. The summed E-state index contributed by atoms with van der Waals surface area (Å²) in [5.74, 6) is 2.18. The largest absolute Gasteiger partial charge is 0.438 e. The van der Waals surface area contributed by atoms with Gasteiger partial charge in [-0.2, -0.15) is 14.6 Å². The first kappa shape index (κ1) is 25.3. The van der Waals surface area contributed by atoms with E-state index >= 15 is 0 Å². The van der Waals surface area contributed by atoms with Gasteiger partial charge in [-0.1, -0.05) is 0 Å². The zero-order valence-corrected chi connectivity index (χ0v) is 21.6. The molecule has 10 nitrogen and oxygen atoms in total. The molecule has 0 radical (unpaired) electrons. The van der Waals surface area contributed by atoms with Gasteiger partial charge in [0.1, 0.15) is 11.6 Å². The Bertz CT molecular complexity index is 1350. The smallest absolute Gasteiger partial charge is 0.230 e. The molecule has 0 aliphatic carbocycles. The molecule has 3 aromatic rings. The van der Waals surface area contributed by atoms with Crippen molar-refractivity contribution in [3.8, 4) is 17.7 Å². The van der Waals surface area contributed by atoms with Crippen LogP contribution in [0.2, 0.25) is 0 Å². The molecule has 1 saturated heterocycles. The van der Waals surface area contributed by atoms with Gasteiger partial charge in [-0.05, 0) is 63.1 Å². The second kappa shape index (κ2) is 10.5. The number of hydrogen-bond acceptors (Lipinski definition) is 9. The Morgan fingerprint density at radius 2 is 1.75 bits per heavy atom. The van der Waals surface area contributed by atoms with E-state index in [0.29, 0.717) is 55.0 Å². The highest BCUT2D eigenvalue weighted by Gasteiger charge is 2.29. The molecule has 1 fully saturated rings. The zero-order chi connectivity index (χ0) is 25.9. The highest BCUT2D eigenvalue weighted by Crippen LogP contribution is 2.29. The van der Waals surface area contributed by atoms with Crippen LogP contribution in [0.25, 0.3) is 0 Å². The monoisotopic (exact) mass is 507 g/mol. The van der Waals surface area contributed by atoms with Crippen LogP contribution in [0.3, 0.4) is 0 Å². The van der Waals surface area contributed by atoms with Crippen LogP contribution in [-0.4, -0.2) is 59.1 Å². The number of pyridine rings is 1. The van der Waals surface area contributed by atoms with Gasteiger partial charge in [0.25, 0.3) is 0 Å². The maximum Gasteiger partial charge on any atom is 0.230 e. The number of rotatable bonds is 7. The minimum atomic E-state index is -3.24. The van der Waals surface area contributed by atoms with E-state index in [1.54, 1.807) is 48.7 Å². The molecule has 0 unspecified atom stereocenters. The van der Waals surface area contributed by atoms with Gasteiger partial charge in [0.15, 0.2) is 0 Å². The van der Waals surface area contributed by atoms with Crippen molar-refractivity contribution in [3.63, 3.8) is 0 Å². The molecule has 0 bridgehead atoms. The van der Waals surface area contributed by atoms with Crippen LogP contribution >= 0.6 is 0 Å². The fourth-order valence-corrected chi connectivity index (χ4v) is 5.25. The predicted molar refractivity (Wildman–Crippen MR) is 138 cm³/mol. The third kappa shape index (κ3) is 5.56. The summed E-state index contributed by atoms with van der Waals surface area (Å²) in [7, 11) is -3.24. The van der Waals surface area contributed by atoms with Crippen LogP contribution in [-0.2, 0) is 10.0 Å². The van der Waals surface area contributed by atoms with E-state index in [1.807, 2.05) is 26.0 Å². The van der Waals surface area contributed by atoms with Crippen molar-refractivity contribution in [2.75, 3.05) is 36.4 Å². The second-order valence-electron chi connectivity index (χ2n) is 8.88. The van der Waals surface area contributed by atoms with E-state index in [1.165, 1.54) is 0 Å². The lowest BCUT2D eigenvalue weighted by atomic mass is 10.1. The molecule has 0 atom stereocenters. The van der Waals surface area contributed by atoms with Crippen molar-refractivity contribution in [1.82, 2.24) is 19.3 Å². The number of piperazine rings is 1. The molecule has 0 spiro atoms. The average Bonchev–Trinajstić information content (AvgIpc) is 2.87. The fraction of sp³-hybridized carbons (Fsp3) is 0.360. The van der Waals surface area contributed by atoms with Crippen molar-refractivity contribution in [2.24, 2.45) is 0 Å². The number of aromatic nitrogens is 3. The van der Waals surface area contributed by atoms with Crippen LogP contribution in [0.1, 0.15) is 30.5 Å². The SMILES string of the molecule is Cc1cc(C#N)cc(C)c1Oc1ccnc(Nc2ccc(N3CCN(S(=O)(=O)C(C)C)CC3)nc2)n1. The zero-order valence-electron chi connectivity index (χ0n) is 20.8. The van der Waals surface area contributed by atoms with E-state index < -0.39 is 15.3 Å². The standard InChI is InChI=1S/C25H29N7O3S/c1-17(2)36(33,34)32-11-9-31(10-12-32)22-6-5-21(16-28-22)29-25-27-8-7-23(30-25)35-24-18(3)13-20(15-26)14-19(24)4/h5-8,13-14,16-17H,9-12H2,1-4H3,(H,27,29,30). The van der Waals surface area contributed by atoms with Gasteiger partial charge in [-0.15, -0.1) is 0 Å². The molecule has 1 aromatic carbocycles. The Morgan fingerprint density at radius 1 is 1.06 bits per heavy atom. The highest BCUT2D eigenvalue weighted by atomic mass is 32.2. The van der Waals surface area contributed by atoms with Crippen LogP contribution in [0.4, 0.5) is 17.5 Å². The lowest BCUT2D eigenvalue weighted by molar-refractivity contribution is 0.380. The lowest BCUT2D eigenvalue weighted by Crippen LogP contribution is -2.50. The summed E-state index contributed by atoms with van der Waals surface area (Å²) in [6, 6.07) is 11.1. The Kier molecular flexibility index (Phi) is 7.37. The molecule has 188 valence electrons. The van der Waals surface area contributed by atoms with Crippen LogP contribution in [0.15, 0.2) is 42.7 Å². The predicted octanol–water partition coefficient (Wildman–Crippen LogP) is 3.76. The van der Waals surface area contributed by atoms with Crippen molar-refractivity contribution >= 4 is 27.5 Å². The maximum absolute atomic E-state index is 12.4. The second-order valence-corrected chi connectivity index (χ2v) is 11.4. The minimum Gasteiger partial charge on any atom is -0.438 e. The summed E-state index contributed by atoms with van der Waals surface area (Å²) in [6.45, 7) is 9.25. The Balaban J connectivity index is 1.40. The summed E-state index contributed by atoms with van der Waals surface area (Å²) in [5, 5.41) is 11.9. The van der Waals surface area contributed by atoms with Gasteiger partial charge in [0.2, 0.25) is 21.9 Å². The summed E-state index contributed by atoms with van der Waals surface area (Å²) in [5.41, 5.74) is 2.99. The maximum atomic E-state index is 12.4. The van der Waals surface area contributed by atoms with Crippen molar-refractivity contribution in [1.29, 1.82) is 5.26 Å². The van der Waals surface area contributed by atoms with Crippen LogP contribution in [0, 0.1) is 25.2 Å². The summed E-state index contributed by atoms with van der Waals surface area (Å²) in [6.07, 6.45) is 3.30. The number of hydrogen-bond donors (Lipinski definition) is 1. The molecule has 1 aliphatic rings. The molecule has 36 heavy (non-hydrogen) atoms. The summed E-state index contributed by atoms with van der Waals surface area (Å²) >= 11 is 0. The number of nitrogens with zero attached hydrogens (tertiary/aromatic N) is 6. The van der Waals surface area contributed by atoms with E-state index in [2.05, 4.69) is 31.2 Å². The van der Waals surface area contributed by atoms with Gasteiger partial charge < -0.3 is 15.0 Å². The van der Waals surface area contributed by atoms with E-state index in [4.69, 9.17) is 10.00 Å². The van der Waals surface area contributed by atoms with Crippen LogP contribution < -0.4 is 15.0 Å². The molecular weight excluding hydrogens is 478 g/mol. The first-order valence-electron chi connectivity index (χ1n) is 11.7. The number of sulfonamides is 1. The Morgan fingerprint density at radius 3 is 2.33 bits per heavy atom.